The van der Waals surface area contributed by atoms with Gasteiger partial charge in [-0.25, -0.2) is 0 Å². The van der Waals surface area contributed by atoms with Gasteiger partial charge in [0.05, 0.1) is 25.8 Å². The number of ether oxygens (including phenoxy) is 2. The Bertz CT molecular complexity index is 1170. The van der Waals surface area contributed by atoms with Crippen molar-refractivity contribution in [3.05, 3.63) is 64.7 Å². The number of aliphatic hydroxyl groups is 1. The van der Waals surface area contributed by atoms with Crippen molar-refractivity contribution in [1.82, 2.24) is 4.90 Å². The lowest BCUT2D eigenvalue weighted by molar-refractivity contribution is -0.139. The molecule has 0 saturated carbocycles. The van der Waals surface area contributed by atoms with E-state index >= 15 is 0 Å². The number of nitrogens with zero attached hydrogens (tertiary/aromatic N) is 1. The molecule has 0 aromatic heterocycles. The molecule has 0 radical (unpaired) electrons. The maximum absolute atomic E-state index is 13.4. The fraction of sp³-hybridized carbons (Fsp3) is 0.556. The minimum atomic E-state index is -0.742. The third-order valence-corrected chi connectivity index (χ3v) is 8.35. The lowest BCUT2D eigenvalue weighted by atomic mass is 9.94. The van der Waals surface area contributed by atoms with Crippen LogP contribution in [-0.4, -0.2) is 42.5 Å². The number of amides is 1. The topological polar surface area (TPSA) is 76.1 Å². The zero-order valence-electron chi connectivity index (χ0n) is 26.3. The third-order valence-electron chi connectivity index (χ3n) is 8.35. The summed E-state index contributed by atoms with van der Waals surface area (Å²) in [6.45, 7) is 4.66. The van der Waals surface area contributed by atoms with Crippen LogP contribution in [0.2, 0.25) is 0 Å². The Morgan fingerprint density at radius 1 is 0.762 bits per heavy atom. The van der Waals surface area contributed by atoms with Gasteiger partial charge >= 0.3 is 0 Å². The number of aryl methyl sites for hydroxylation is 1. The average Bonchev–Trinajstić information content (AvgIpc) is 3.25. The van der Waals surface area contributed by atoms with E-state index in [0.29, 0.717) is 29.2 Å². The van der Waals surface area contributed by atoms with Gasteiger partial charge in [0, 0.05) is 23.7 Å². The number of hydrogen-bond acceptors (Lipinski definition) is 5. The SMILES string of the molecule is CCCCCCCCCCCCCCCCN1C(=O)C(=O)/C(=C(/O)c2ccc(C)cc2)C1c1ccc(OC)cc1OC. The van der Waals surface area contributed by atoms with Crippen molar-refractivity contribution in [2.45, 2.75) is 110 Å². The van der Waals surface area contributed by atoms with Crippen LogP contribution in [-0.2, 0) is 9.59 Å². The Morgan fingerprint density at radius 2 is 1.31 bits per heavy atom. The van der Waals surface area contributed by atoms with E-state index in [0.717, 1.165) is 24.8 Å². The summed E-state index contributed by atoms with van der Waals surface area (Å²) in [7, 11) is 3.13. The van der Waals surface area contributed by atoms with E-state index in [9.17, 15) is 14.7 Å². The molecule has 0 aliphatic carbocycles. The molecule has 3 rings (SSSR count). The number of methoxy groups -OCH3 is 2. The Kier molecular flexibility index (Phi) is 13.9. The van der Waals surface area contributed by atoms with Gasteiger partial charge in [-0.2, -0.15) is 0 Å². The number of hydrogen-bond donors (Lipinski definition) is 1. The van der Waals surface area contributed by atoms with Gasteiger partial charge in [0.1, 0.15) is 17.3 Å². The molecule has 42 heavy (non-hydrogen) atoms. The maximum Gasteiger partial charge on any atom is 0.295 e. The van der Waals surface area contributed by atoms with E-state index in [2.05, 4.69) is 6.92 Å². The number of likely N-dealkylation sites (tertiary alicyclic amines) is 1. The molecule has 0 spiro atoms. The molecule has 2 aromatic carbocycles. The van der Waals surface area contributed by atoms with E-state index < -0.39 is 17.7 Å². The maximum atomic E-state index is 13.4. The molecule has 1 aliphatic heterocycles. The van der Waals surface area contributed by atoms with Gasteiger partial charge < -0.3 is 19.5 Å². The summed E-state index contributed by atoms with van der Waals surface area (Å²) in [5.74, 6) is -0.303. The van der Waals surface area contributed by atoms with Crippen LogP contribution < -0.4 is 9.47 Å². The quantitative estimate of drug-likeness (QED) is 0.0781. The molecule has 1 saturated heterocycles. The molecule has 1 unspecified atom stereocenters. The lowest BCUT2D eigenvalue weighted by Crippen LogP contribution is -2.31. The molecular formula is C36H51NO5. The first-order chi connectivity index (χ1) is 20.4. The van der Waals surface area contributed by atoms with E-state index in [-0.39, 0.29) is 11.3 Å². The Hall–Kier alpha value is -3.28. The summed E-state index contributed by atoms with van der Waals surface area (Å²) >= 11 is 0. The summed E-state index contributed by atoms with van der Waals surface area (Å²) in [4.78, 5) is 28.3. The van der Waals surface area contributed by atoms with Crippen molar-refractivity contribution >= 4 is 17.4 Å². The van der Waals surface area contributed by atoms with Gasteiger partial charge in [0.25, 0.3) is 11.7 Å². The van der Waals surface area contributed by atoms with Crippen molar-refractivity contribution in [2.75, 3.05) is 20.8 Å². The van der Waals surface area contributed by atoms with Gasteiger partial charge in [-0.1, -0.05) is 120 Å². The molecule has 230 valence electrons. The largest absolute Gasteiger partial charge is 0.507 e. The number of ketones is 1. The molecule has 1 amide bonds. The van der Waals surface area contributed by atoms with Crippen molar-refractivity contribution < 1.29 is 24.2 Å². The molecule has 1 N–H and O–H groups in total. The summed E-state index contributed by atoms with van der Waals surface area (Å²) in [5.41, 5.74) is 2.29. The number of aliphatic hydroxyl groups excluding tert-OH is 1. The molecule has 1 heterocycles. The standard InChI is InChI=1S/C36H51NO5/c1-5-6-7-8-9-10-11-12-13-14-15-16-17-18-25-37-33(30-24-23-29(41-3)26-31(30)42-4)32(35(39)36(37)40)34(38)28-21-19-27(2)20-22-28/h19-24,26,33,38H,5-18,25H2,1-4H3/b34-32+. The van der Waals surface area contributed by atoms with Crippen LogP contribution in [0, 0.1) is 6.92 Å². The smallest absolute Gasteiger partial charge is 0.295 e. The number of rotatable bonds is 19. The normalized spacial score (nSPS) is 16.3. The van der Waals surface area contributed by atoms with Crippen LogP contribution in [0.15, 0.2) is 48.0 Å². The number of unbranched alkanes of at least 4 members (excludes halogenated alkanes) is 13. The molecular weight excluding hydrogens is 526 g/mol. The molecule has 1 aliphatic rings. The van der Waals surface area contributed by atoms with Gasteiger partial charge in [-0.05, 0) is 25.5 Å². The number of carbonyl (C=O) groups is 2. The van der Waals surface area contributed by atoms with Crippen LogP contribution in [0.3, 0.4) is 0 Å². The van der Waals surface area contributed by atoms with E-state index in [1.165, 1.54) is 70.6 Å². The minimum Gasteiger partial charge on any atom is -0.507 e. The molecule has 6 nitrogen and oxygen atoms in total. The average molecular weight is 578 g/mol. The Morgan fingerprint density at radius 3 is 1.83 bits per heavy atom. The molecule has 2 aromatic rings. The first-order valence-corrected chi connectivity index (χ1v) is 16.0. The highest BCUT2D eigenvalue weighted by Gasteiger charge is 2.46. The van der Waals surface area contributed by atoms with Gasteiger partial charge in [0.2, 0.25) is 0 Å². The predicted molar refractivity (Wildman–Crippen MR) is 170 cm³/mol. The molecule has 1 fully saturated rings. The molecule has 1 atom stereocenters. The van der Waals surface area contributed by atoms with Crippen molar-refractivity contribution in [1.29, 1.82) is 0 Å². The fourth-order valence-electron chi connectivity index (χ4n) is 5.82. The monoisotopic (exact) mass is 577 g/mol. The third kappa shape index (κ3) is 9.11. The number of benzene rings is 2. The first kappa shape index (κ1) is 33.2. The fourth-order valence-corrected chi connectivity index (χ4v) is 5.82. The highest BCUT2D eigenvalue weighted by atomic mass is 16.5. The second-order valence-corrected chi connectivity index (χ2v) is 11.6. The molecule has 6 heteroatoms. The minimum absolute atomic E-state index is 0.0951. The highest BCUT2D eigenvalue weighted by Crippen LogP contribution is 2.43. The van der Waals surface area contributed by atoms with Crippen LogP contribution in [0.4, 0.5) is 0 Å². The summed E-state index contributed by atoms with van der Waals surface area (Å²) in [5, 5.41) is 11.3. The van der Waals surface area contributed by atoms with Gasteiger partial charge in [-0.15, -0.1) is 0 Å². The van der Waals surface area contributed by atoms with Gasteiger partial charge in [0.15, 0.2) is 0 Å². The van der Waals surface area contributed by atoms with E-state index in [1.54, 1.807) is 43.4 Å². The number of Topliss-reactive ketones (excluding diaryl/α,β-unsaturated/α-hetero) is 1. The lowest BCUT2D eigenvalue weighted by Gasteiger charge is -2.27. The number of carbonyl (C=O) groups excluding carboxylic acids is 2. The second-order valence-electron chi connectivity index (χ2n) is 11.6. The first-order valence-electron chi connectivity index (χ1n) is 16.0. The van der Waals surface area contributed by atoms with Crippen LogP contribution in [0.25, 0.3) is 5.76 Å². The van der Waals surface area contributed by atoms with Gasteiger partial charge in [-0.3, -0.25) is 9.59 Å². The van der Waals surface area contributed by atoms with Crippen molar-refractivity contribution in [3.63, 3.8) is 0 Å². The van der Waals surface area contributed by atoms with E-state index in [4.69, 9.17) is 9.47 Å². The predicted octanol–water partition coefficient (Wildman–Crippen LogP) is 8.92. The van der Waals surface area contributed by atoms with Crippen LogP contribution >= 0.6 is 0 Å². The second kappa shape index (κ2) is 17.6. The Balaban J connectivity index is 1.63. The molecule has 0 bridgehead atoms. The van der Waals surface area contributed by atoms with Crippen molar-refractivity contribution in [2.24, 2.45) is 0 Å². The van der Waals surface area contributed by atoms with Crippen LogP contribution in [0.1, 0.15) is 120 Å². The van der Waals surface area contributed by atoms with Crippen LogP contribution in [0.5, 0.6) is 11.5 Å². The van der Waals surface area contributed by atoms with Crippen molar-refractivity contribution in [3.8, 4) is 11.5 Å². The van der Waals surface area contributed by atoms with E-state index in [1.807, 2.05) is 25.1 Å². The summed E-state index contributed by atoms with van der Waals surface area (Å²) in [6.07, 6.45) is 17.5. The Labute approximate surface area is 253 Å². The summed E-state index contributed by atoms with van der Waals surface area (Å²) < 4.78 is 11.0. The summed E-state index contributed by atoms with van der Waals surface area (Å²) in [6, 6.07) is 11.9. The highest BCUT2D eigenvalue weighted by molar-refractivity contribution is 6.46. The zero-order valence-corrected chi connectivity index (χ0v) is 26.3. The zero-order chi connectivity index (χ0) is 30.3.